The Morgan fingerprint density at radius 3 is 0.802 bits per heavy atom. The Morgan fingerprint density at radius 2 is 0.494 bits per heavy atom. The molecule has 0 fully saturated rings. The Bertz CT molecular complexity index is 1860. The van der Waals surface area contributed by atoms with Crippen LogP contribution in [0.15, 0.2) is 170 Å². The molecular formula is C75H118O6. The van der Waals surface area contributed by atoms with E-state index >= 15 is 0 Å². The third-order valence-electron chi connectivity index (χ3n) is 13.2. The quantitative estimate of drug-likeness (QED) is 0.0261. The molecule has 0 heterocycles. The van der Waals surface area contributed by atoms with Crippen LogP contribution in [0.25, 0.3) is 0 Å². The number of hydrogen-bond donors (Lipinski definition) is 0. The molecule has 0 aromatic carbocycles. The molecule has 454 valence electrons. The third-order valence-corrected chi connectivity index (χ3v) is 13.2. The van der Waals surface area contributed by atoms with Crippen molar-refractivity contribution in [3.8, 4) is 0 Å². The fourth-order valence-corrected chi connectivity index (χ4v) is 8.37. The molecule has 0 radical (unpaired) electrons. The first-order valence-corrected chi connectivity index (χ1v) is 32.6. The van der Waals surface area contributed by atoms with Gasteiger partial charge in [-0.2, -0.15) is 0 Å². The van der Waals surface area contributed by atoms with Crippen LogP contribution in [0.4, 0.5) is 0 Å². The number of esters is 3. The fourth-order valence-electron chi connectivity index (χ4n) is 8.37. The summed E-state index contributed by atoms with van der Waals surface area (Å²) >= 11 is 0. The summed E-state index contributed by atoms with van der Waals surface area (Å²) in [5.74, 6) is -1.01. The second-order valence-corrected chi connectivity index (χ2v) is 20.9. The van der Waals surface area contributed by atoms with Crippen molar-refractivity contribution in [2.45, 2.75) is 271 Å². The topological polar surface area (TPSA) is 78.9 Å². The van der Waals surface area contributed by atoms with Crippen LogP contribution in [0.2, 0.25) is 0 Å². The lowest BCUT2D eigenvalue weighted by atomic mass is 10.1. The number of allylic oxidation sites excluding steroid dienone is 28. The Kier molecular flexibility index (Phi) is 62.9. The van der Waals surface area contributed by atoms with Crippen molar-refractivity contribution in [1.82, 2.24) is 0 Å². The van der Waals surface area contributed by atoms with Gasteiger partial charge in [0, 0.05) is 19.3 Å². The highest BCUT2D eigenvalue weighted by Gasteiger charge is 2.19. The van der Waals surface area contributed by atoms with Crippen LogP contribution in [0.1, 0.15) is 265 Å². The second-order valence-electron chi connectivity index (χ2n) is 20.9. The van der Waals surface area contributed by atoms with E-state index in [0.717, 1.165) is 154 Å². The standard InChI is InChI=1S/C75H118O6/c1-4-7-10-13-16-19-22-25-28-31-34-36-37-39-41-44-47-50-53-56-59-62-65-68-74(77)80-71-72(70-79-73(76)67-64-61-58-55-52-49-46-43-40-33-30-27-24-21-18-15-12-9-6-3)81-75(78)69-66-63-60-57-54-51-48-45-42-38-35-32-29-26-23-20-17-14-11-8-5-2/h7,9-10,12,16,18-19,21,23,25-28,30,32,34-36,39-43,45,47,50,56,59,72H,4-6,8,11,13-15,17,20,22,24,29,31,33,37-38,44,46,48-49,51-55,57-58,60-71H2,1-3H3/b10-7-,12-9-,19-16-,21-18-,26-23-,28-25-,30-27-,35-32-,36-34-,41-39-,43-40-,45-42-,50-47-,59-56-. The molecule has 0 rings (SSSR count). The molecule has 0 aliphatic rings. The van der Waals surface area contributed by atoms with Crippen molar-refractivity contribution < 1.29 is 28.6 Å². The highest BCUT2D eigenvalue weighted by atomic mass is 16.6. The van der Waals surface area contributed by atoms with Crippen molar-refractivity contribution in [1.29, 1.82) is 0 Å². The van der Waals surface area contributed by atoms with Crippen molar-refractivity contribution >= 4 is 17.9 Å². The van der Waals surface area contributed by atoms with Gasteiger partial charge in [0.1, 0.15) is 13.2 Å². The molecule has 81 heavy (non-hydrogen) atoms. The van der Waals surface area contributed by atoms with Crippen LogP contribution >= 0.6 is 0 Å². The number of unbranched alkanes of at least 4 members (excludes halogenated alkanes) is 18. The lowest BCUT2D eigenvalue weighted by Crippen LogP contribution is -2.30. The van der Waals surface area contributed by atoms with Crippen LogP contribution in [-0.2, 0) is 28.6 Å². The minimum absolute atomic E-state index is 0.117. The molecule has 0 N–H and O–H groups in total. The van der Waals surface area contributed by atoms with E-state index in [2.05, 4.69) is 191 Å². The number of carbonyl (C=O) groups excluding carboxylic acids is 3. The zero-order valence-corrected chi connectivity index (χ0v) is 52.0. The molecule has 0 bridgehead atoms. The summed E-state index contributed by atoms with van der Waals surface area (Å²) in [5.41, 5.74) is 0. The second kappa shape index (κ2) is 67.3. The average molecular weight is 1120 g/mol. The zero-order valence-electron chi connectivity index (χ0n) is 52.0. The van der Waals surface area contributed by atoms with Gasteiger partial charge in [0.2, 0.25) is 0 Å². The van der Waals surface area contributed by atoms with Crippen LogP contribution in [0.3, 0.4) is 0 Å². The van der Waals surface area contributed by atoms with Gasteiger partial charge in [-0.1, -0.05) is 268 Å². The fraction of sp³-hybridized carbons (Fsp3) is 0.587. The molecule has 0 aliphatic carbocycles. The molecular weight excluding hydrogens is 997 g/mol. The Balaban J connectivity index is 4.58. The van der Waals surface area contributed by atoms with Crippen LogP contribution in [0, 0.1) is 0 Å². The van der Waals surface area contributed by atoms with E-state index in [4.69, 9.17) is 14.2 Å². The molecule has 6 heteroatoms. The Morgan fingerprint density at radius 1 is 0.259 bits per heavy atom. The number of hydrogen-bond acceptors (Lipinski definition) is 6. The lowest BCUT2D eigenvalue weighted by molar-refractivity contribution is -0.167. The maximum atomic E-state index is 12.9. The summed E-state index contributed by atoms with van der Waals surface area (Å²) in [6, 6.07) is 0. The van der Waals surface area contributed by atoms with Crippen LogP contribution < -0.4 is 0 Å². The van der Waals surface area contributed by atoms with E-state index in [1.165, 1.54) is 64.2 Å². The van der Waals surface area contributed by atoms with Crippen molar-refractivity contribution in [3.63, 3.8) is 0 Å². The predicted molar refractivity (Wildman–Crippen MR) is 352 cm³/mol. The highest BCUT2D eigenvalue weighted by molar-refractivity contribution is 5.71. The summed E-state index contributed by atoms with van der Waals surface area (Å²) in [5, 5.41) is 0. The highest BCUT2D eigenvalue weighted by Crippen LogP contribution is 2.14. The average Bonchev–Trinajstić information content (AvgIpc) is 3.47. The maximum absolute atomic E-state index is 12.9. The van der Waals surface area contributed by atoms with Gasteiger partial charge >= 0.3 is 17.9 Å². The molecule has 0 saturated carbocycles. The zero-order chi connectivity index (χ0) is 58.5. The molecule has 0 aliphatic heterocycles. The first-order chi connectivity index (χ1) is 40.0. The Labute approximate surface area is 498 Å². The van der Waals surface area contributed by atoms with E-state index < -0.39 is 6.10 Å². The first-order valence-electron chi connectivity index (χ1n) is 32.6. The molecule has 1 atom stereocenters. The summed E-state index contributed by atoms with van der Waals surface area (Å²) in [7, 11) is 0. The molecule has 0 saturated heterocycles. The SMILES string of the molecule is CC/C=C\C/C=C\C/C=C\C/C=C\C/C=C\C/C=C\C/C=C\CCCC(=O)OCC(COC(=O)CCCCCCCC/C=C\C/C=C\C/C=C\C/C=C\CC)OC(=O)CCCCCCCC/C=C\C/C=C\C/C=C\CCCCCCC. The van der Waals surface area contributed by atoms with Gasteiger partial charge in [0.25, 0.3) is 0 Å². The van der Waals surface area contributed by atoms with Gasteiger partial charge < -0.3 is 14.2 Å². The smallest absolute Gasteiger partial charge is 0.306 e. The summed E-state index contributed by atoms with van der Waals surface area (Å²) in [6.45, 7) is 6.33. The van der Waals surface area contributed by atoms with Crippen LogP contribution in [0.5, 0.6) is 0 Å². The summed E-state index contributed by atoms with van der Waals surface area (Å²) in [6.07, 6.45) is 99.2. The van der Waals surface area contributed by atoms with E-state index in [1.54, 1.807) is 0 Å². The van der Waals surface area contributed by atoms with Crippen molar-refractivity contribution in [3.05, 3.63) is 170 Å². The normalized spacial score (nSPS) is 13.3. The monoisotopic (exact) mass is 1110 g/mol. The molecule has 6 nitrogen and oxygen atoms in total. The molecule has 0 aromatic rings. The first kappa shape index (κ1) is 75.8. The minimum Gasteiger partial charge on any atom is -0.462 e. The Hall–Kier alpha value is -5.23. The number of ether oxygens (including phenoxy) is 3. The summed E-state index contributed by atoms with van der Waals surface area (Å²) in [4.78, 5) is 38.4. The van der Waals surface area contributed by atoms with Gasteiger partial charge in [-0.05, 0) is 148 Å². The lowest BCUT2D eigenvalue weighted by Gasteiger charge is -2.18. The van der Waals surface area contributed by atoms with Gasteiger partial charge in [-0.25, -0.2) is 0 Å². The number of rotatable bonds is 57. The maximum Gasteiger partial charge on any atom is 0.306 e. The van der Waals surface area contributed by atoms with Crippen molar-refractivity contribution in [2.24, 2.45) is 0 Å². The third kappa shape index (κ3) is 65.5. The van der Waals surface area contributed by atoms with Gasteiger partial charge in [-0.3, -0.25) is 14.4 Å². The van der Waals surface area contributed by atoms with Gasteiger partial charge in [0.05, 0.1) is 0 Å². The molecule has 0 amide bonds. The minimum atomic E-state index is -0.827. The van der Waals surface area contributed by atoms with E-state index in [1.807, 2.05) is 0 Å². The molecule has 0 aromatic heterocycles. The van der Waals surface area contributed by atoms with Crippen molar-refractivity contribution in [2.75, 3.05) is 13.2 Å². The largest absolute Gasteiger partial charge is 0.462 e. The number of carbonyl (C=O) groups is 3. The molecule has 0 spiro atoms. The van der Waals surface area contributed by atoms with Gasteiger partial charge in [-0.15, -0.1) is 0 Å². The van der Waals surface area contributed by atoms with Crippen LogP contribution in [-0.4, -0.2) is 37.2 Å². The predicted octanol–water partition coefficient (Wildman–Crippen LogP) is 22.7. The van der Waals surface area contributed by atoms with E-state index in [-0.39, 0.29) is 44.0 Å². The van der Waals surface area contributed by atoms with Gasteiger partial charge in [0.15, 0.2) is 6.10 Å². The summed E-state index contributed by atoms with van der Waals surface area (Å²) < 4.78 is 16.9. The molecule has 1 unspecified atom stereocenters. The van der Waals surface area contributed by atoms with E-state index in [0.29, 0.717) is 12.8 Å². The van der Waals surface area contributed by atoms with E-state index in [9.17, 15) is 14.4 Å².